The first-order valence-corrected chi connectivity index (χ1v) is 6.82. The number of fused-ring (bicyclic) bond motifs is 1. The van der Waals surface area contributed by atoms with Crippen molar-refractivity contribution in [2.75, 3.05) is 11.9 Å². The van der Waals surface area contributed by atoms with Crippen LogP contribution in [0, 0.1) is 6.92 Å². The minimum absolute atomic E-state index is 0.151. The van der Waals surface area contributed by atoms with Gasteiger partial charge in [-0.15, -0.1) is 0 Å². The molecule has 0 bridgehead atoms. The third kappa shape index (κ3) is 2.51. The lowest BCUT2D eigenvalue weighted by atomic mass is 10.2. The number of aryl methyl sites for hydroxylation is 1. The Hall–Kier alpha value is -1.76. The van der Waals surface area contributed by atoms with Crippen molar-refractivity contribution in [2.45, 2.75) is 13.8 Å². The Morgan fingerprint density at radius 3 is 2.84 bits per heavy atom. The number of Topliss-reactive ketones (excluding diaryl/α,β-unsaturated/α-hetero) is 1. The van der Waals surface area contributed by atoms with Gasteiger partial charge in [-0.3, -0.25) is 4.79 Å². The lowest BCUT2D eigenvalue weighted by molar-refractivity contribution is 0.0528. The summed E-state index contributed by atoms with van der Waals surface area (Å²) in [5.41, 5.74) is 1.62. The minimum Gasteiger partial charge on any atom is -0.462 e. The minimum atomic E-state index is -0.493. The van der Waals surface area contributed by atoms with E-state index in [0.717, 1.165) is 5.69 Å². The Morgan fingerprint density at radius 2 is 2.21 bits per heavy atom. The maximum Gasteiger partial charge on any atom is 0.343 e. The summed E-state index contributed by atoms with van der Waals surface area (Å²) in [4.78, 5) is 27.6. The maximum absolute atomic E-state index is 11.8. The van der Waals surface area contributed by atoms with Crippen LogP contribution in [-0.4, -0.2) is 38.3 Å². The Balaban J connectivity index is 2.59. The number of rotatable bonds is 4. The van der Waals surface area contributed by atoms with Gasteiger partial charge in [-0.2, -0.15) is 5.10 Å². The van der Waals surface area contributed by atoms with Crippen molar-refractivity contribution >= 4 is 33.3 Å². The van der Waals surface area contributed by atoms with E-state index in [0.29, 0.717) is 11.3 Å². The molecule has 0 unspecified atom stereocenters. The van der Waals surface area contributed by atoms with Crippen molar-refractivity contribution < 1.29 is 14.3 Å². The van der Waals surface area contributed by atoms with Crippen LogP contribution in [0.2, 0.25) is 0 Å². The van der Waals surface area contributed by atoms with Crippen molar-refractivity contribution in [1.82, 2.24) is 14.6 Å². The summed E-state index contributed by atoms with van der Waals surface area (Å²) >= 11 is 3.10. The molecule has 2 aromatic rings. The first kappa shape index (κ1) is 13.7. The smallest absolute Gasteiger partial charge is 0.343 e. The van der Waals surface area contributed by atoms with E-state index >= 15 is 0 Å². The van der Waals surface area contributed by atoms with Gasteiger partial charge in [0, 0.05) is 5.69 Å². The summed E-state index contributed by atoms with van der Waals surface area (Å²) in [7, 11) is 0. The van der Waals surface area contributed by atoms with Crippen LogP contribution in [0.25, 0.3) is 5.65 Å². The third-order valence-electron chi connectivity index (χ3n) is 2.55. The van der Waals surface area contributed by atoms with Crippen LogP contribution in [0.3, 0.4) is 0 Å². The van der Waals surface area contributed by atoms with Crippen LogP contribution in [-0.2, 0) is 4.74 Å². The predicted octanol–water partition coefficient (Wildman–Crippen LogP) is 1.79. The zero-order valence-electron chi connectivity index (χ0n) is 10.5. The molecular weight excluding hydrogens is 314 g/mol. The highest BCUT2D eigenvalue weighted by atomic mass is 79.9. The second kappa shape index (κ2) is 5.48. The molecule has 0 aromatic carbocycles. The molecule has 0 spiro atoms. The highest BCUT2D eigenvalue weighted by Gasteiger charge is 2.18. The average molecular weight is 326 g/mol. The van der Waals surface area contributed by atoms with Gasteiger partial charge in [0.2, 0.25) is 0 Å². The second-order valence-corrected chi connectivity index (χ2v) is 4.41. The number of halogens is 1. The first-order valence-electron chi connectivity index (χ1n) is 5.70. The molecule has 100 valence electrons. The standard InChI is InChI=1S/C12H12BrN3O3/c1-3-19-12(18)8-6-14-16-7(2)4-9(10(17)5-13)15-11(8)16/h4,6H,3,5H2,1-2H3. The summed E-state index contributed by atoms with van der Waals surface area (Å²) in [5.74, 6) is -0.644. The summed E-state index contributed by atoms with van der Waals surface area (Å²) in [6.45, 7) is 3.79. The predicted molar refractivity (Wildman–Crippen MR) is 71.8 cm³/mol. The molecule has 19 heavy (non-hydrogen) atoms. The highest BCUT2D eigenvalue weighted by Crippen LogP contribution is 2.14. The van der Waals surface area contributed by atoms with E-state index in [1.807, 2.05) is 0 Å². The van der Waals surface area contributed by atoms with Crippen LogP contribution in [0.15, 0.2) is 12.3 Å². The third-order valence-corrected chi connectivity index (χ3v) is 3.06. The van der Waals surface area contributed by atoms with E-state index in [1.165, 1.54) is 10.7 Å². The van der Waals surface area contributed by atoms with Gasteiger partial charge in [0.05, 0.1) is 18.1 Å². The van der Waals surface area contributed by atoms with Crippen LogP contribution in [0.4, 0.5) is 0 Å². The van der Waals surface area contributed by atoms with Gasteiger partial charge in [0.15, 0.2) is 11.4 Å². The number of aromatic nitrogens is 3. The van der Waals surface area contributed by atoms with Gasteiger partial charge >= 0.3 is 5.97 Å². The van der Waals surface area contributed by atoms with E-state index in [2.05, 4.69) is 26.0 Å². The molecule has 0 atom stereocenters. The largest absolute Gasteiger partial charge is 0.462 e. The molecule has 0 amide bonds. The molecule has 2 heterocycles. The number of carbonyl (C=O) groups excluding carboxylic acids is 2. The van der Waals surface area contributed by atoms with Crippen molar-refractivity contribution in [2.24, 2.45) is 0 Å². The number of hydrogen-bond acceptors (Lipinski definition) is 5. The van der Waals surface area contributed by atoms with Crippen LogP contribution in [0.5, 0.6) is 0 Å². The van der Waals surface area contributed by atoms with Crippen molar-refractivity contribution in [3.8, 4) is 0 Å². The van der Waals surface area contributed by atoms with Crippen molar-refractivity contribution in [1.29, 1.82) is 0 Å². The fourth-order valence-corrected chi connectivity index (χ4v) is 1.96. The molecule has 7 heteroatoms. The van der Waals surface area contributed by atoms with Gasteiger partial charge in [0.25, 0.3) is 0 Å². The normalized spacial score (nSPS) is 10.7. The molecule has 2 rings (SSSR count). The Kier molecular flexibility index (Phi) is 3.94. The van der Waals surface area contributed by atoms with Gasteiger partial charge < -0.3 is 4.74 Å². The lowest BCUT2D eigenvalue weighted by Gasteiger charge is -2.04. The van der Waals surface area contributed by atoms with Crippen LogP contribution >= 0.6 is 15.9 Å². The molecule has 0 aliphatic heterocycles. The molecule has 6 nitrogen and oxygen atoms in total. The number of nitrogens with zero attached hydrogens (tertiary/aromatic N) is 3. The fraction of sp³-hybridized carbons (Fsp3) is 0.333. The first-order chi connectivity index (χ1) is 9.08. The molecule has 0 aliphatic carbocycles. The van der Waals surface area contributed by atoms with Crippen molar-refractivity contribution in [3.05, 3.63) is 29.2 Å². The second-order valence-electron chi connectivity index (χ2n) is 3.85. The maximum atomic E-state index is 11.8. The monoisotopic (exact) mass is 325 g/mol. The number of ether oxygens (including phenoxy) is 1. The van der Waals surface area contributed by atoms with Gasteiger partial charge in [-0.05, 0) is 19.9 Å². The molecule has 0 N–H and O–H groups in total. The number of esters is 1. The molecule has 0 saturated carbocycles. The lowest BCUT2D eigenvalue weighted by Crippen LogP contribution is -2.10. The summed E-state index contributed by atoms with van der Waals surface area (Å²) < 4.78 is 6.45. The average Bonchev–Trinajstić information content (AvgIpc) is 2.82. The van der Waals surface area contributed by atoms with E-state index < -0.39 is 5.97 Å². The zero-order chi connectivity index (χ0) is 14.0. The summed E-state index contributed by atoms with van der Waals surface area (Å²) in [6.07, 6.45) is 1.40. The van der Waals surface area contributed by atoms with Gasteiger partial charge in [0.1, 0.15) is 11.3 Å². The van der Waals surface area contributed by atoms with Crippen molar-refractivity contribution in [3.63, 3.8) is 0 Å². The van der Waals surface area contributed by atoms with E-state index in [4.69, 9.17) is 4.74 Å². The van der Waals surface area contributed by atoms with E-state index in [1.54, 1.807) is 19.9 Å². The van der Waals surface area contributed by atoms with E-state index in [-0.39, 0.29) is 23.3 Å². The molecule has 0 radical (unpaired) electrons. The molecule has 0 saturated heterocycles. The summed E-state index contributed by atoms with van der Waals surface area (Å²) in [5, 5.41) is 4.26. The molecular formula is C12H12BrN3O3. The SMILES string of the molecule is CCOC(=O)c1cnn2c(C)cc(C(=O)CBr)nc12. The quantitative estimate of drug-likeness (QED) is 0.486. The topological polar surface area (TPSA) is 73.6 Å². The van der Waals surface area contributed by atoms with E-state index in [9.17, 15) is 9.59 Å². The highest BCUT2D eigenvalue weighted by molar-refractivity contribution is 9.09. The summed E-state index contributed by atoms with van der Waals surface area (Å²) in [6, 6.07) is 1.64. The Morgan fingerprint density at radius 1 is 1.47 bits per heavy atom. The molecule has 0 aliphatic rings. The van der Waals surface area contributed by atoms with Gasteiger partial charge in [-0.25, -0.2) is 14.3 Å². The fourth-order valence-electron chi connectivity index (χ4n) is 1.68. The number of ketones is 1. The number of carbonyl (C=O) groups is 2. The Labute approximate surface area is 117 Å². The number of hydrogen-bond donors (Lipinski definition) is 0. The Bertz CT molecular complexity index is 651. The molecule has 2 aromatic heterocycles. The van der Waals surface area contributed by atoms with Crippen LogP contribution in [0.1, 0.15) is 33.5 Å². The van der Waals surface area contributed by atoms with Gasteiger partial charge in [-0.1, -0.05) is 15.9 Å². The molecule has 0 fully saturated rings. The zero-order valence-corrected chi connectivity index (χ0v) is 12.1. The van der Waals surface area contributed by atoms with Crippen LogP contribution < -0.4 is 0 Å². The number of alkyl halides is 1.